The molecule has 2 rings (SSSR count). The van der Waals surface area contributed by atoms with Gasteiger partial charge in [-0.05, 0) is 15.4 Å². The maximum Gasteiger partial charge on any atom is 0.261 e. The monoisotopic (exact) mass is 630 g/mol. The van der Waals surface area contributed by atoms with E-state index < -0.39 is 8.32 Å². The zero-order chi connectivity index (χ0) is 26.0. The molecule has 0 atom stereocenters. The molecule has 0 aromatic heterocycles. The molecule has 0 saturated heterocycles. The van der Waals surface area contributed by atoms with Gasteiger partial charge in [0.2, 0.25) is 0 Å². The van der Waals surface area contributed by atoms with Gasteiger partial charge in [-0.1, -0.05) is 104 Å². The maximum absolute atomic E-state index is 6.82. The van der Waals surface area contributed by atoms with Crippen LogP contribution in [-0.4, -0.2) is 85.4 Å². The Labute approximate surface area is 232 Å². The van der Waals surface area contributed by atoms with E-state index in [2.05, 4.69) is 104 Å². The Balaban J connectivity index is 1.65. The van der Waals surface area contributed by atoms with Crippen LogP contribution in [0.5, 0.6) is 0 Å². The van der Waals surface area contributed by atoms with Gasteiger partial charge >= 0.3 is 0 Å². The average molecular weight is 631 g/mol. The lowest BCUT2D eigenvalue weighted by molar-refractivity contribution is -0.0119. The number of rotatable bonds is 20. The molecule has 0 aliphatic rings. The van der Waals surface area contributed by atoms with Crippen LogP contribution in [0.4, 0.5) is 0 Å². The summed E-state index contributed by atoms with van der Waals surface area (Å²) >= 11 is 2.29. The van der Waals surface area contributed by atoms with Crippen LogP contribution in [0.3, 0.4) is 0 Å². The summed E-state index contributed by atoms with van der Waals surface area (Å²) in [6.45, 7) is 13.2. The van der Waals surface area contributed by atoms with Crippen LogP contribution in [0.2, 0.25) is 5.04 Å². The quantitative estimate of drug-likeness (QED) is 0.0952. The summed E-state index contributed by atoms with van der Waals surface area (Å²) in [6.07, 6.45) is 0. The molecule has 202 valence electrons. The first kappa shape index (κ1) is 31.4. The van der Waals surface area contributed by atoms with Crippen LogP contribution in [0.1, 0.15) is 20.8 Å². The van der Waals surface area contributed by atoms with Crippen molar-refractivity contribution in [3.8, 4) is 0 Å². The molecule has 0 saturated carbocycles. The largest absolute Gasteiger partial charge is 0.405 e. The molecular formula is C28H43IO6Si. The van der Waals surface area contributed by atoms with Crippen LogP contribution in [0.25, 0.3) is 0 Å². The van der Waals surface area contributed by atoms with Gasteiger partial charge in [0, 0.05) is 4.43 Å². The first-order valence-corrected chi connectivity index (χ1v) is 16.2. The number of hydrogen-bond acceptors (Lipinski definition) is 6. The second kappa shape index (κ2) is 18.4. The van der Waals surface area contributed by atoms with Gasteiger partial charge in [0.05, 0.1) is 72.7 Å². The molecule has 0 bridgehead atoms. The van der Waals surface area contributed by atoms with E-state index in [9.17, 15) is 0 Å². The van der Waals surface area contributed by atoms with E-state index in [1.54, 1.807) is 0 Å². The molecule has 0 radical (unpaired) electrons. The fraction of sp³-hybridized carbons (Fsp3) is 0.571. The first-order valence-electron chi connectivity index (χ1n) is 12.7. The Bertz CT molecular complexity index is 748. The summed E-state index contributed by atoms with van der Waals surface area (Å²) in [5.74, 6) is 0. The number of halogens is 1. The highest BCUT2D eigenvalue weighted by Gasteiger charge is 2.49. The molecule has 2 aromatic rings. The molecule has 36 heavy (non-hydrogen) atoms. The highest BCUT2D eigenvalue weighted by molar-refractivity contribution is 14.1. The fourth-order valence-electron chi connectivity index (χ4n) is 4.05. The molecule has 0 heterocycles. The van der Waals surface area contributed by atoms with Gasteiger partial charge in [0.15, 0.2) is 0 Å². The molecule has 0 spiro atoms. The molecule has 0 amide bonds. The number of ether oxygens (including phenoxy) is 5. The smallest absolute Gasteiger partial charge is 0.261 e. The van der Waals surface area contributed by atoms with Gasteiger partial charge in [-0.3, -0.25) is 0 Å². The average Bonchev–Trinajstić information content (AvgIpc) is 2.88. The summed E-state index contributed by atoms with van der Waals surface area (Å²) in [6, 6.07) is 21.3. The minimum atomic E-state index is -2.50. The normalized spacial score (nSPS) is 12.2. The second-order valence-corrected chi connectivity index (χ2v) is 14.6. The minimum absolute atomic E-state index is 0.0353. The molecule has 0 N–H and O–H groups in total. The van der Waals surface area contributed by atoms with Crippen LogP contribution in [0, 0.1) is 0 Å². The highest BCUT2D eigenvalue weighted by atomic mass is 127. The van der Waals surface area contributed by atoms with E-state index in [0.717, 1.165) is 11.0 Å². The summed E-state index contributed by atoms with van der Waals surface area (Å²) in [4.78, 5) is 0. The molecule has 0 unspecified atom stereocenters. The lowest BCUT2D eigenvalue weighted by atomic mass is 10.2. The van der Waals surface area contributed by atoms with Gasteiger partial charge in [-0.2, -0.15) is 0 Å². The predicted octanol–water partition coefficient (Wildman–Crippen LogP) is 4.08. The number of benzene rings is 2. The molecular weight excluding hydrogens is 587 g/mol. The number of alkyl halides is 1. The SMILES string of the molecule is CC(C)(C)[Si](OCCOCCOCCOCCOCCOCCI)(c1ccccc1)c1ccccc1. The molecule has 0 fully saturated rings. The highest BCUT2D eigenvalue weighted by Crippen LogP contribution is 2.36. The van der Waals surface area contributed by atoms with E-state index >= 15 is 0 Å². The van der Waals surface area contributed by atoms with Crippen molar-refractivity contribution in [2.45, 2.75) is 25.8 Å². The lowest BCUT2D eigenvalue weighted by Crippen LogP contribution is -2.66. The predicted molar refractivity (Wildman–Crippen MR) is 157 cm³/mol. The van der Waals surface area contributed by atoms with Gasteiger partial charge in [-0.25, -0.2) is 0 Å². The third kappa shape index (κ3) is 10.9. The van der Waals surface area contributed by atoms with Gasteiger partial charge in [0.1, 0.15) is 0 Å². The molecule has 0 aliphatic heterocycles. The Kier molecular flexibility index (Phi) is 16.0. The van der Waals surface area contributed by atoms with Crippen molar-refractivity contribution in [1.29, 1.82) is 0 Å². The molecule has 0 aliphatic carbocycles. The van der Waals surface area contributed by atoms with Crippen LogP contribution < -0.4 is 10.4 Å². The zero-order valence-electron chi connectivity index (χ0n) is 22.1. The Hall–Kier alpha value is -0.853. The van der Waals surface area contributed by atoms with E-state index in [0.29, 0.717) is 66.1 Å². The standard InChI is InChI=1S/C28H43IO6Si/c1-28(2,3)36(26-10-6-4-7-11-26,27-12-8-5-9-13-27)35-25-24-34-23-22-33-21-20-32-19-18-31-17-16-30-15-14-29/h4-13H,14-25H2,1-3H3. The van der Waals surface area contributed by atoms with Crippen molar-refractivity contribution < 1.29 is 28.1 Å². The van der Waals surface area contributed by atoms with Crippen LogP contribution in [-0.2, 0) is 28.1 Å². The Morgan fingerprint density at radius 2 is 0.861 bits per heavy atom. The van der Waals surface area contributed by atoms with Crippen molar-refractivity contribution in [2.75, 3.05) is 77.1 Å². The van der Waals surface area contributed by atoms with Crippen LogP contribution in [0.15, 0.2) is 60.7 Å². The van der Waals surface area contributed by atoms with Crippen molar-refractivity contribution in [2.24, 2.45) is 0 Å². The number of hydrogen-bond donors (Lipinski definition) is 0. The Morgan fingerprint density at radius 1 is 0.528 bits per heavy atom. The molecule has 6 nitrogen and oxygen atoms in total. The summed E-state index contributed by atoms with van der Waals surface area (Å²) < 4.78 is 35.5. The van der Waals surface area contributed by atoms with Crippen molar-refractivity contribution in [1.82, 2.24) is 0 Å². The van der Waals surface area contributed by atoms with Crippen LogP contribution >= 0.6 is 22.6 Å². The first-order chi connectivity index (χ1) is 17.5. The van der Waals surface area contributed by atoms with Gasteiger partial charge in [-0.15, -0.1) is 0 Å². The summed E-state index contributed by atoms with van der Waals surface area (Å²) in [5.41, 5.74) is 0. The van der Waals surface area contributed by atoms with Gasteiger partial charge in [0.25, 0.3) is 8.32 Å². The third-order valence-corrected chi connectivity index (χ3v) is 11.2. The van der Waals surface area contributed by atoms with E-state index in [4.69, 9.17) is 28.1 Å². The van der Waals surface area contributed by atoms with E-state index in [1.165, 1.54) is 10.4 Å². The molecule has 8 heteroatoms. The van der Waals surface area contributed by atoms with E-state index in [-0.39, 0.29) is 5.04 Å². The van der Waals surface area contributed by atoms with E-state index in [1.807, 2.05) is 0 Å². The summed E-state index contributed by atoms with van der Waals surface area (Å²) in [7, 11) is -2.50. The topological polar surface area (TPSA) is 55.4 Å². The molecule has 2 aromatic carbocycles. The lowest BCUT2D eigenvalue weighted by Gasteiger charge is -2.43. The second-order valence-electron chi connectivity index (χ2n) is 9.26. The summed E-state index contributed by atoms with van der Waals surface area (Å²) in [5, 5.41) is 2.52. The third-order valence-electron chi connectivity index (χ3n) is 5.67. The minimum Gasteiger partial charge on any atom is -0.405 e. The van der Waals surface area contributed by atoms with Crippen molar-refractivity contribution >= 4 is 41.3 Å². The van der Waals surface area contributed by atoms with Crippen molar-refractivity contribution in [3.63, 3.8) is 0 Å². The Morgan fingerprint density at radius 3 is 1.19 bits per heavy atom. The van der Waals surface area contributed by atoms with Crippen molar-refractivity contribution in [3.05, 3.63) is 60.7 Å². The maximum atomic E-state index is 6.82. The fourth-order valence-corrected chi connectivity index (χ4v) is 8.91. The van der Waals surface area contributed by atoms with Gasteiger partial charge < -0.3 is 28.1 Å². The zero-order valence-corrected chi connectivity index (χ0v) is 25.2.